The zero-order valence-electron chi connectivity index (χ0n) is 10.1. The molecule has 0 spiro atoms. The third kappa shape index (κ3) is 2.02. The Morgan fingerprint density at radius 2 is 2.39 bits per heavy atom. The van der Waals surface area contributed by atoms with E-state index >= 15 is 0 Å². The second-order valence-electron chi connectivity index (χ2n) is 4.36. The summed E-state index contributed by atoms with van der Waals surface area (Å²) in [7, 11) is 0. The number of aromatic nitrogens is 1. The summed E-state index contributed by atoms with van der Waals surface area (Å²) in [6, 6.07) is 5.06. The Morgan fingerprint density at radius 3 is 3.17 bits per heavy atom. The molecule has 1 N–H and O–H groups in total. The first-order chi connectivity index (χ1) is 8.74. The number of aryl methyl sites for hydroxylation is 1. The van der Waals surface area contributed by atoms with Crippen LogP contribution < -0.4 is 5.32 Å². The number of ether oxygens (including phenoxy) is 1. The maximum Gasteiger partial charge on any atom is 0.192 e. The van der Waals surface area contributed by atoms with Crippen LogP contribution in [0.2, 0.25) is 0 Å². The summed E-state index contributed by atoms with van der Waals surface area (Å²) in [6.07, 6.45) is 0. The molecule has 0 amide bonds. The van der Waals surface area contributed by atoms with E-state index in [4.69, 9.17) is 9.15 Å². The first kappa shape index (κ1) is 11.4. The van der Waals surface area contributed by atoms with Crippen molar-refractivity contribution in [3.8, 4) is 0 Å². The molecule has 1 aliphatic heterocycles. The molecule has 1 aromatic carbocycles. The van der Waals surface area contributed by atoms with Gasteiger partial charge in [-0.25, -0.2) is 4.98 Å². The Kier molecular flexibility index (Phi) is 2.85. The van der Waals surface area contributed by atoms with E-state index in [-0.39, 0.29) is 11.8 Å². The molecule has 1 saturated heterocycles. The van der Waals surface area contributed by atoms with Crippen LogP contribution in [0.3, 0.4) is 0 Å². The second kappa shape index (κ2) is 4.51. The number of fused-ring (bicyclic) bond motifs is 1. The lowest BCUT2D eigenvalue weighted by atomic mass is 10.0. The van der Waals surface area contributed by atoms with Crippen molar-refractivity contribution >= 4 is 16.9 Å². The molecule has 0 saturated carbocycles. The summed E-state index contributed by atoms with van der Waals surface area (Å²) in [5.74, 6) is 0.644. The first-order valence-corrected chi connectivity index (χ1v) is 5.96. The molecule has 2 aromatic rings. The minimum Gasteiger partial charge on any atom is -0.441 e. The van der Waals surface area contributed by atoms with Gasteiger partial charge in [-0.1, -0.05) is 0 Å². The second-order valence-corrected chi connectivity index (χ2v) is 4.36. The van der Waals surface area contributed by atoms with Crippen LogP contribution in [0.25, 0.3) is 11.1 Å². The molecule has 1 fully saturated rings. The van der Waals surface area contributed by atoms with Crippen LogP contribution in [0.5, 0.6) is 0 Å². The first-order valence-electron chi connectivity index (χ1n) is 5.96. The van der Waals surface area contributed by atoms with Gasteiger partial charge in [-0.15, -0.1) is 0 Å². The molecule has 2 heterocycles. The highest BCUT2D eigenvalue weighted by Crippen LogP contribution is 2.18. The maximum absolute atomic E-state index is 12.2. The molecule has 1 aromatic heterocycles. The average Bonchev–Trinajstić information content (AvgIpc) is 2.78. The minimum atomic E-state index is -0.260. The third-order valence-corrected chi connectivity index (χ3v) is 3.02. The fourth-order valence-electron chi connectivity index (χ4n) is 2.13. The van der Waals surface area contributed by atoms with Crippen molar-refractivity contribution in [2.24, 2.45) is 0 Å². The van der Waals surface area contributed by atoms with Crippen LogP contribution in [-0.2, 0) is 4.74 Å². The molecule has 5 nitrogen and oxygen atoms in total. The number of oxazole rings is 1. The van der Waals surface area contributed by atoms with Gasteiger partial charge in [0, 0.05) is 19.0 Å². The highest BCUT2D eigenvalue weighted by atomic mass is 16.5. The molecule has 1 atom stereocenters. The maximum atomic E-state index is 12.2. The van der Waals surface area contributed by atoms with Crippen molar-refractivity contribution in [2.45, 2.75) is 13.0 Å². The predicted octanol–water partition coefficient (Wildman–Crippen LogP) is 1.31. The zero-order valence-corrected chi connectivity index (χ0v) is 10.1. The molecule has 0 aliphatic carbocycles. The average molecular weight is 246 g/mol. The number of hydrogen-bond acceptors (Lipinski definition) is 5. The van der Waals surface area contributed by atoms with Crippen LogP contribution in [0.15, 0.2) is 22.6 Å². The zero-order chi connectivity index (χ0) is 12.5. The summed E-state index contributed by atoms with van der Waals surface area (Å²) in [4.78, 5) is 16.5. The van der Waals surface area contributed by atoms with Gasteiger partial charge >= 0.3 is 0 Å². The number of benzene rings is 1. The molecule has 0 bridgehead atoms. The van der Waals surface area contributed by atoms with Gasteiger partial charge in [-0.05, 0) is 18.2 Å². The van der Waals surface area contributed by atoms with E-state index < -0.39 is 0 Å². The number of nitrogens with one attached hydrogen (secondary N) is 1. The SMILES string of the molecule is Cc1nc2cc(C(=O)C3COCCN3)ccc2o1. The van der Waals surface area contributed by atoms with Crippen molar-refractivity contribution in [2.75, 3.05) is 19.8 Å². The molecule has 1 aliphatic rings. The fraction of sp³-hybridized carbons (Fsp3) is 0.385. The fourth-order valence-corrected chi connectivity index (χ4v) is 2.13. The Balaban J connectivity index is 1.90. The lowest BCUT2D eigenvalue weighted by Crippen LogP contribution is -2.46. The number of carbonyl (C=O) groups is 1. The number of rotatable bonds is 2. The van der Waals surface area contributed by atoms with Gasteiger partial charge in [-0.3, -0.25) is 4.79 Å². The monoisotopic (exact) mass is 246 g/mol. The molecule has 94 valence electrons. The van der Waals surface area contributed by atoms with Crippen LogP contribution >= 0.6 is 0 Å². The topological polar surface area (TPSA) is 64.4 Å². The van der Waals surface area contributed by atoms with E-state index in [2.05, 4.69) is 10.3 Å². The van der Waals surface area contributed by atoms with E-state index in [1.807, 2.05) is 0 Å². The smallest absolute Gasteiger partial charge is 0.192 e. The van der Waals surface area contributed by atoms with E-state index in [1.165, 1.54) is 0 Å². The van der Waals surface area contributed by atoms with Crippen molar-refractivity contribution in [1.82, 2.24) is 10.3 Å². The van der Waals surface area contributed by atoms with Crippen LogP contribution in [0, 0.1) is 6.92 Å². The summed E-state index contributed by atoms with van der Waals surface area (Å²) in [6.45, 7) is 3.58. The van der Waals surface area contributed by atoms with Crippen molar-refractivity contribution in [1.29, 1.82) is 0 Å². The quantitative estimate of drug-likeness (QED) is 0.809. The molecular formula is C13H14N2O3. The molecular weight excluding hydrogens is 232 g/mol. The number of carbonyl (C=O) groups excluding carboxylic acids is 1. The lowest BCUT2D eigenvalue weighted by Gasteiger charge is -2.22. The Labute approximate surface area is 104 Å². The molecule has 3 rings (SSSR count). The van der Waals surface area contributed by atoms with Crippen LogP contribution in [0.4, 0.5) is 0 Å². The molecule has 18 heavy (non-hydrogen) atoms. The number of morpholine rings is 1. The van der Waals surface area contributed by atoms with Crippen LogP contribution in [-0.4, -0.2) is 36.6 Å². The molecule has 1 unspecified atom stereocenters. The summed E-state index contributed by atoms with van der Waals surface area (Å²) in [5.41, 5.74) is 2.06. The normalized spacial score (nSPS) is 20.2. The van der Waals surface area contributed by atoms with E-state index in [1.54, 1.807) is 25.1 Å². The van der Waals surface area contributed by atoms with Crippen molar-refractivity contribution in [3.63, 3.8) is 0 Å². The minimum absolute atomic E-state index is 0.0391. The molecule has 0 radical (unpaired) electrons. The van der Waals surface area contributed by atoms with Gasteiger partial charge in [-0.2, -0.15) is 0 Å². The predicted molar refractivity (Wildman–Crippen MR) is 65.7 cm³/mol. The van der Waals surface area contributed by atoms with Gasteiger partial charge in [0.2, 0.25) is 0 Å². The van der Waals surface area contributed by atoms with E-state index in [9.17, 15) is 4.79 Å². The van der Waals surface area contributed by atoms with E-state index in [0.29, 0.717) is 36.8 Å². The Bertz CT molecular complexity index is 585. The van der Waals surface area contributed by atoms with Crippen LogP contribution in [0.1, 0.15) is 16.2 Å². The Morgan fingerprint density at radius 1 is 1.50 bits per heavy atom. The Hall–Kier alpha value is -1.72. The van der Waals surface area contributed by atoms with Crippen molar-refractivity contribution in [3.05, 3.63) is 29.7 Å². The highest BCUT2D eigenvalue weighted by molar-refractivity contribution is 6.02. The highest BCUT2D eigenvalue weighted by Gasteiger charge is 2.22. The number of nitrogens with zero attached hydrogens (tertiary/aromatic N) is 1. The standard InChI is InChI=1S/C13H14N2O3/c1-8-15-10-6-9(2-3-12(10)18-8)13(16)11-7-17-5-4-14-11/h2-3,6,11,14H,4-5,7H2,1H3. The van der Waals surface area contributed by atoms with Gasteiger partial charge in [0.25, 0.3) is 0 Å². The third-order valence-electron chi connectivity index (χ3n) is 3.02. The molecule has 5 heteroatoms. The summed E-state index contributed by atoms with van der Waals surface area (Å²) < 4.78 is 10.7. The van der Waals surface area contributed by atoms with Crippen molar-refractivity contribution < 1.29 is 13.9 Å². The number of ketones is 1. The van der Waals surface area contributed by atoms with Gasteiger partial charge in [0.05, 0.1) is 19.3 Å². The summed E-state index contributed by atoms with van der Waals surface area (Å²) >= 11 is 0. The van der Waals surface area contributed by atoms with E-state index in [0.717, 1.165) is 5.52 Å². The lowest BCUT2D eigenvalue weighted by molar-refractivity contribution is 0.0607. The van der Waals surface area contributed by atoms with Gasteiger partial charge in [0.15, 0.2) is 17.3 Å². The number of hydrogen-bond donors (Lipinski definition) is 1. The largest absolute Gasteiger partial charge is 0.441 e. The van der Waals surface area contributed by atoms with Gasteiger partial charge in [0.1, 0.15) is 5.52 Å². The summed E-state index contributed by atoms with van der Waals surface area (Å²) in [5, 5.41) is 3.15. The number of Topliss-reactive ketones (excluding diaryl/α,β-unsaturated/α-hetero) is 1. The van der Waals surface area contributed by atoms with Gasteiger partial charge < -0.3 is 14.5 Å².